The maximum atomic E-state index is 4.54. The molecule has 0 radical (unpaired) electrons. The smallest absolute Gasteiger partial charge is 0.155 e. The lowest BCUT2D eigenvalue weighted by molar-refractivity contribution is 0.248. The van der Waals surface area contributed by atoms with Crippen molar-refractivity contribution in [3.05, 3.63) is 24.3 Å². The summed E-state index contributed by atoms with van der Waals surface area (Å²) in [5.41, 5.74) is 0. The number of hydrogen-bond acceptors (Lipinski definition) is 5. The molecule has 1 saturated heterocycles. The predicted octanol–water partition coefficient (Wildman–Crippen LogP) is 1.06. The van der Waals surface area contributed by atoms with Gasteiger partial charge in [-0.3, -0.25) is 0 Å². The molecular formula is C14H21N7. The molecule has 1 aliphatic carbocycles. The molecule has 0 atom stereocenters. The Labute approximate surface area is 124 Å². The Bertz CT molecular complexity index is 591. The highest BCUT2D eigenvalue weighted by molar-refractivity contribution is 5.08. The van der Waals surface area contributed by atoms with Crippen LogP contribution < -0.4 is 0 Å². The molecule has 0 N–H and O–H groups in total. The second-order valence-electron chi connectivity index (χ2n) is 6.25. The van der Waals surface area contributed by atoms with E-state index in [1.807, 2.05) is 4.68 Å². The number of likely N-dealkylation sites (tertiary alicyclic amines) is 1. The molecule has 0 bridgehead atoms. The molecule has 2 fully saturated rings. The van der Waals surface area contributed by atoms with Crippen LogP contribution in [0.25, 0.3) is 0 Å². The van der Waals surface area contributed by atoms with Crippen LogP contribution in [-0.4, -0.2) is 54.6 Å². The van der Waals surface area contributed by atoms with Crippen LogP contribution in [0.2, 0.25) is 0 Å². The summed E-state index contributed by atoms with van der Waals surface area (Å²) in [5.74, 6) is 2.77. The summed E-state index contributed by atoms with van der Waals surface area (Å²) in [4.78, 5) is 6.40. The second-order valence-corrected chi connectivity index (χ2v) is 6.25. The van der Waals surface area contributed by atoms with E-state index in [2.05, 4.69) is 36.8 Å². The molecule has 2 aliphatic rings. The number of aromatic nitrogens is 6. The Hall–Kier alpha value is -1.76. The van der Waals surface area contributed by atoms with E-state index in [-0.39, 0.29) is 0 Å². The zero-order valence-corrected chi connectivity index (χ0v) is 12.4. The summed E-state index contributed by atoms with van der Waals surface area (Å²) in [6.45, 7) is 2.97. The minimum atomic E-state index is 0.554. The molecule has 0 amide bonds. The van der Waals surface area contributed by atoms with Crippen molar-refractivity contribution in [2.24, 2.45) is 0 Å². The van der Waals surface area contributed by atoms with Crippen LogP contribution in [0.15, 0.2) is 12.7 Å². The average Bonchev–Trinajstić information content (AvgIpc) is 3.04. The zero-order chi connectivity index (χ0) is 14.2. The van der Waals surface area contributed by atoms with Crippen molar-refractivity contribution in [3.63, 3.8) is 0 Å². The molecule has 7 nitrogen and oxygen atoms in total. The standard InChI is InChI=1S/C14H21N7/c1-19-6-4-11(5-7-19)14-18-17-13(21(14)12-2-3-12)8-20-10-15-9-16-20/h9-12H,2-8H2,1H3. The van der Waals surface area contributed by atoms with Gasteiger partial charge >= 0.3 is 0 Å². The summed E-state index contributed by atoms with van der Waals surface area (Å²) >= 11 is 0. The van der Waals surface area contributed by atoms with E-state index in [1.165, 1.54) is 31.5 Å². The first kappa shape index (κ1) is 12.9. The van der Waals surface area contributed by atoms with Gasteiger partial charge in [0.1, 0.15) is 25.0 Å². The fraction of sp³-hybridized carbons (Fsp3) is 0.714. The van der Waals surface area contributed by atoms with E-state index in [9.17, 15) is 0 Å². The Morgan fingerprint density at radius 1 is 1.14 bits per heavy atom. The van der Waals surface area contributed by atoms with Gasteiger partial charge in [0.2, 0.25) is 0 Å². The van der Waals surface area contributed by atoms with Crippen LogP contribution in [0.1, 0.15) is 49.3 Å². The molecule has 2 aromatic rings. The quantitative estimate of drug-likeness (QED) is 0.841. The molecule has 0 aromatic carbocycles. The van der Waals surface area contributed by atoms with Gasteiger partial charge < -0.3 is 9.47 Å². The Balaban J connectivity index is 1.60. The normalized spacial score (nSPS) is 21.0. The highest BCUT2D eigenvalue weighted by Crippen LogP contribution is 2.39. The number of nitrogens with zero attached hydrogens (tertiary/aromatic N) is 7. The minimum Gasteiger partial charge on any atom is -0.310 e. The van der Waals surface area contributed by atoms with Gasteiger partial charge in [0.25, 0.3) is 0 Å². The molecule has 0 spiro atoms. The van der Waals surface area contributed by atoms with Gasteiger partial charge in [-0.25, -0.2) is 9.67 Å². The van der Waals surface area contributed by atoms with Crippen LogP contribution in [-0.2, 0) is 6.54 Å². The maximum Gasteiger partial charge on any atom is 0.155 e. The lowest BCUT2D eigenvalue weighted by atomic mass is 9.96. The first-order chi connectivity index (χ1) is 10.3. The number of piperidine rings is 1. The Morgan fingerprint density at radius 3 is 2.62 bits per heavy atom. The third kappa shape index (κ3) is 2.57. The molecule has 1 aliphatic heterocycles. The lowest BCUT2D eigenvalue weighted by Gasteiger charge is -2.28. The molecule has 4 rings (SSSR count). The molecular weight excluding hydrogens is 266 g/mol. The first-order valence-corrected chi connectivity index (χ1v) is 7.76. The zero-order valence-electron chi connectivity index (χ0n) is 12.4. The Morgan fingerprint density at radius 2 is 1.95 bits per heavy atom. The third-order valence-corrected chi connectivity index (χ3v) is 4.56. The van der Waals surface area contributed by atoms with Crippen LogP contribution in [0.4, 0.5) is 0 Å². The van der Waals surface area contributed by atoms with Gasteiger partial charge in [0.15, 0.2) is 5.82 Å². The monoisotopic (exact) mass is 287 g/mol. The van der Waals surface area contributed by atoms with Crippen LogP contribution in [0, 0.1) is 0 Å². The van der Waals surface area contributed by atoms with Gasteiger partial charge in [-0.15, -0.1) is 10.2 Å². The van der Waals surface area contributed by atoms with E-state index >= 15 is 0 Å². The maximum absolute atomic E-state index is 4.54. The van der Waals surface area contributed by atoms with Crippen LogP contribution >= 0.6 is 0 Å². The molecule has 0 unspecified atom stereocenters. The number of hydrogen-bond donors (Lipinski definition) is 0. The van der Waals surface area contributed by atoms with Crippen LogP contribution in [0.5, 0.6) is 0 Å². The van der Waals surface area contributed by atoms with E-state index in [4.69, 9.17) is 0 Å². The second kappa shape index (κ2) is 5.22. The molecule has 21 heavy (non-hydrogen) atoms. The van der Waals surface area contributed by atoms with Crippen molar-refractivity contribution in [2.45, 2.75) is 44.2 Å². The summed E-state index contributed by atoms with van der Waals surface area (Å²) in [7, 11) is 2.19. The minimum absolute atomic E-state index is 0.554. The first-order valence-electron chi connectivity index (χ1n) is 7.76. The van der Waals surface area contributed by atoms with Crippen molar-refractivity contribution < 1.29 is 0 Å². The molecule has 3 heterocycles. The number of rotatable bonds is 4. The summed E-state index contributed by atoms with van der Waals surface area (Å²) in [6.07, 6.45) is 8.18. The summed E-state index contributed by atoms with van der Waals surface area (Å²) in [5, 5.41) is 13.2. The van der Waals surface area contributed by atoms with E-state index in [0.717, 1.165) is 18.9 Å². The average molecular weight is 287 g/mol. The van der Waals surface area contributed by atoms with Gasteiger partial charge in [0.05, 0.1) is 0 Å². The van der Waals surface area contributed by atoms with Crippen molar-refractivity contribution >= 4 is 0 Å². The fourth-order valence-electron chi connectivity index (χ4n) is 3.18. The topological polar surface area (TPSA) is 64.7 Å². The SMILES string of the molecule is CN1CCC(c2nnc(Cn3cncn3)n2C2CC2)CC1. The van der Waals surface area contributed by atoms with Gasteiger partial charge in [-0.1, -0.05) is 0 Å². The van der Waals surface area contributed by atoms with Crippen molar-refractivity contribution in [2.75, 3.05) is 20.1 Å². The predicted molar refractivity (Wildman–Crippen MR) is 76.9 cm³/mol. The fourth-order valence-corrected chi connectivity index (χ4v) is 3.18. The van der Waals surface area contributed by atoms with Gasteiger partial charge in [-0.2, -0.15) is 5.10 Å². The third-order valence-electron chi connectivity index (χ3n) is 4.56. The van der Waals surface area contributed by atoms with E-state index in [1.54, 1.807) is 12.7 Å². The summed E-state index contributed by atoms with van der Waals surface area (Å²) in [6, 6.07) is 0.605. The van der Waals surface area contributed by atoms with Crippen molar-refractivity contribution in [3.8, 4) is 0 Å². The van der Waals surface area contributed by atoms with E-state index in [0.29, 0.717) is 18.5 Å². The van der Waals surface area contributed by atoms with E-state index < -0.39 is 0 Å². The molecule has 2 aromatic heterocycles. The van der Waals surface area contributed by atoms with Crippen molar-refractivity contribution in [1.82, 2.24) is 34.4 Å². The highest BCUT2D eigenvalue weighted by Gasteiger charge is 2.33. The largest absolute Gasteiger partial charge is 0.310 e. The highest BCUT2D eigenvalue weighted by atomic mass is 15.4. The summed E-state index contributed by atoms with van der Waals surface area (Å²) < 4.78 is 4.21. The Kier molecular flexibility index (Phi) is 3.21. The van der Waals surface area contributed by atoms with Gasteiger partial charge in [0, 0.05) is 12.0 Å². The lowest BCUT2D eigenvalue weighted by Crippen LogP contribution is -2.30. The van der Waals surface area contributed by atoms with Crippen molar-refractivity contribution in [1.29, 1.82) is 0 Å². The molecule has 112 valence electrons. The van der Waals surface area contributed by atoms with Crippen LogP contribution in [0.3, 0.4) is 0 Å². The molecule has 1 saturated carbocycles. The molecule has 7 heteroatoms. The van der Waals surface area contributed by atoms with Gasteiger partial charge in [-0.05, 0) is 45.8 Å².